The van der Waals surface area contributed by atoms with Gasteiger partial charge in [-0.15, -0.1) is 0 Å². The van der Waals surface area contributed by atoms with Gasteiger partial charge in [0, 0.05) is 15.4 Å². The molecule has 0 atom stereocenters. The fourth-order valence-electron chi connectivity index (χ4n) is 3.08. The molecule has 140 valence electrons. The highest BCUT2D eigenvalue weighted by Gasteiger charge is 2.34. The molecule has 1 amide bonds. The lowest BCUT2D eigenvalue weighted by Gasteiger charge is -2.17. The molecule has 0 saturated carbocycles. The van der Waals surface area contributed by atoms with Crippen LogP contribution < -0.4 is 9.64 Å². The summed E-state index contributed by atoms with van der Waals surface area (Å²) in [5.74, 6) is 0.0796. The van der Waals surface area contributed by atoms with Gasteiger partial charge in [0.1, 0.15) is 0 Å². The third-order valence-electron chi connectivity index (χ3n) is 4.38. The number of halogens is 1. The van der Waals surface area contributed by atoms with E-state index in [9.17, 15) is 9.90 Å². The number of ether oxygens (including phenoxy) is 1. The van der Waals surface area contributed by atoms with Crippen molar-refractivity contribution in [2.45, 2.75) is 0 Å². The van der Waals surface area contributed by atoms with Gasteiger partial charge in [0.25, 0.3) is 5.91 Å². The number of benzene rings is 3. The average Bonchev–Trinajstić information content (AvgIpc) is 2.97. The summed E-state index contributed by atoms with van der Waals surface area (Å²) in [6.07, 6.45) is 1.63. The molecule has 4 rings (SSSR count). The minimum absolute atomic E-state index is 0.0267. The van der Waals surface area contributed by atoms with E-state index in [4.69, 9.17) is 17.0 Å². The lowest BCUT2D eigenvalue weighted by atomic mass is 10.1. The first-order valence-corrected chi connectivity index (χ1v) is 10.3. The number of rotatable bonds is 3. The van der Waals surface area contributed by atoms with Crippen LogP contribution in [0.4, 0.5) is 5.69 Å². The van der Waals surface area contributed by atoms with Gasteiger partial charge in [-0.2, -0.15) is 0 Å². The number of thioether (sulfide) groups is 1. The molecule has 0 spiro atoms. The molecular weight excluding hydrogens is 458 g/mol. The van der Waals surface area contributed by atoms with Crippen LogP contribution in [0.5, 0.6) is 11.5 Å². The normalized spacial score (nSPS) is 15.6. The zero-order valence-electron chi connectivity index (χ0n) is 14.7. The van der Waals surface area contributed by atoms with E-state index in [2.05, 4.69) is 15.9 Å². The number of amides is 1. The van der Waals surface area contributed by atoms with Gasteiger partial charge in [0.2, 0.25) is 0 Å². The SMILES string of the molecule is COc1cc(Br)cc(/C=C2/SC(=S)N(c3cccc4ccccc34)C2=O)c1O. The van der Waals surface area contributed by atoms with Crippen LogP contribution in [0.1, 0.15) is 5.56 Å². The Bertz CT molecular complexity index is 1150. The van der Waals surface area contributed by atoms with Gasteiger partial charge in [0.15, 0.2) is 15.8 Å². The predicted molar refractivity (Wildman–Crippen MR) is 122 cm³/mol. The second kappa shape index (κ2) is 7.58. The number of thiocarbonyl (C=S) groups is 1. The number of anilines is 1. The van der Waals surface area contributed by atoms with Crippen molar-refractivity contribution in [2.24, 2.45) is 0 Å². The quantitative estimate of drug-likeness (QED) is 0.390. The number of carbonyl (C=O) groups excluding carboxylic acids is 1. The van der Waals surface area contributed by atoms with Crippen LogP contribution in [0.3, 0.4) is 0 Å². The molecule has 1 aliphatic heterocycles. The summed E-state index contributed by atoms with van der Waals surface area (Å²) in [6, 6.07) is 17.0. The monoisotopic (exact) mass is 471 g/mol. The summed E-state index contributed by atoms with van der Waals surface area (Å²) >= 11 is 10.1. The first-order valence-electron chi connectivity index (χ1n) is 8.32. The number of hydrogen-bond donors (Lipinski definition) is 1. The lowest BCUT2D eigenvalue weighted by Crippen LogP contribution is -2.27. The number of methoxy groups -OCH3 is 1. The molecule has 1 heterocycles. The van der Waals surface area contributed by atoms with Gasteiger partial charge in [-0.1, -0.05) is 76.3 Å². The Kier molecular flexibility index (Phi) is 5.14. The number of aromatic hydroxyl groups is 1. The molecule has 0 bridgehead atoms. The molecule has 3 aromatic rings. The molecule has 3 aromatic carbocycles. The highest BCUT2D eigenvalue weighted by molar-refractivity contribution is 9.10. The Hall–Kier alpha value is -2.35. The number of carbonyl (C=O) groups is 1. The zero-order valence-corrected chi connectivity index (χ0v) is 17.9. The van der Waals surface area contributed by atoms with Crippen LogP contribution >= 0.6 is 39.9 Å². The molecule has 0 aromatic heterocycles. The summed E-state index contributed by atoms with van der Waals surface area (Å²) in [7, 11) is 1.48. The fraction of sp³-hybridized carbons (Fsp3) is 0.0476. The third kappa shape index (κ3) is 3.30. The minimum Gasteiger partial charge on any atom is -0.504 e. The Labute approximate surface area is 179 Å². The van der Waals surface area contributed by atoms with Crippen molar-refractivity contribution >= 4 is 72.7 Å². The molecule has 1 aliphatic rings. The largest absolute Gasteiger partial charge is 0.504 e. The van der Waals surface area contributed by atoms with Crippen molar-refractivity contribution in [3.05, 3.63) is 69.5 Å². The van der Waals surface area contributed by atoms with Crippen LogP contribution in [0.25, 0.3) is 16.8 Å². The smallest absolute Gasteiger partial charge is 0.270 e. The first-order chi connectivity index (χ1) is 13.5. The van der Waals surface area contributed by atoms with Gasteiger partial charge >= 0.3 is 0 Å². The fourth-order valence-corrected chi connectivity index (χ4v) is 4.81. The lowest BCUT2D eigenvalue weighted by molar-refractivity contribution is -0.113. The number of nitrogens with zero attached hydrogens (tertiary/aromatic N) is 1. The van der Waals surface area contributed by atoms with Gasteiger partial charge in [-0.05, 0) is 29.7 Å². The molecular formula is C21H14BrNO3S2. The second-order valence-electron chi connectivity index (χ2n) is 6.06. The van der Waals surface area contributed by atoms with Crippen LogP contribution in [0.15, 0.2) is 64.0 Å². The van der Waals surface area contributed by atoms with E-state index in [-0.39, 0.29) is 11.7 Å². The van der Waals surface area contributed by atoms with E-state index in [1.807, 2.05) is 42.5 Å². The maximum atomic E-state index is 13.1. The van der Waals surface area contributed by atoms with Crippen LogP contribution in [-0.4, -0.2) is 22.4 Å². The maximum Gasteiger partial charge on any atom is 0.270 e. The van der Waals surface area contributed by atoms with E-state index in [0.29, 0.717) is 20.5 Å². The Morgan fingerprint density at radius 3 is 2.71 bits per heavy atom. The summed E-state index contributed by atoms with van der Waals surface area (Å²) in [5, 5.41) is 12.4. The Morgan fingerprint density at radius 1 is 1.18 bits per heavy atom. The van der Waals surface area contributed by atoms with E-state index < -0.39 is 0 Å². The molecule has 7 heteroatoms. The van der Waals surface area contributed by atoms with Gasteiger partial charge in [-0.25, -0.2) is 0 Å². The van der Waals surface area contributed by atoms with Crippen molar-refractivity contribution in [3.63, 3.8) is 0 Å². The predicted octanol–water partition coefficient (Wildman–Crippen LogP) is 5.72. The highest BCUT2D eigenvalue weighted by atomic mass is 79.9. The van der Waals surface area contributed by atoms with Crippen molar-refractivity contribution in [1.29, 1.82) is 0 Å². The number of phenols is 1. The Balaban J connectivity index is 1.78. The molecule has 0 unspecified atom stereocenters. The molecule has 1 fully saturated rings. The van der Waals surface area contributed by atoms with Crippen molar-refractivity contribution < 1.29 is 14.6 Å². The average molecular weight is 472 g/mol. The molecule has 28 heavy (non-hydrogen) atoms. The third-order valence-corrected chi connectivity index (χ3v) is 6.14. The summed E-state index contributed by atoms with van der Waals surface area (Å²) in [5.41, 5.74) is 1.23. The number of hydrogen-bond acceptors (Lipinski definition) is 5. The topological polar surface area (TPSA) is 49.8 Å². The molecule has 4 nitrogen and oxygen atoms in total. The maximum absolute atomic E-state index is 13.1. The minimum atomic E-state index is -0.218. The van der Waals surface area contributed by atoms with Gasteiger partial charge < -0.3 is 9.84 Å². The van der Waals surface area contributed by atoms with Gasteiger partial charge in [0.05, 0.1) is 17.7 Å². The Morgan fingerprint density at radius 2 is 1.93 bits per heavy atom. The van der Waals surface area contributed by atoms with Crippen molar-refractivity contribution in [1.82, 2.24) is 0 Å². The van der Waals surface area contributed by atoms with Gasteiger partial charge in [-0.3, -0.25) is 9.69 Å². The summed E-state index contributed by atoms with van der Waals surface area (Å²) in [6.45, 7) is 0. The molecule has 1 N–H and O–H groups in total. The van der Waals surface area contributed by atoms with Crippen LogP contribution in [0, 0.1) is 0 Å². The second-order valence-corrected chi connectivity index (χ2v) is 8.65. The van der Waals surface area contributed by atoms with E-state index in [1.165, 1.54) is 18.9 Å². The summed E-state index contributed by atoms with van der Waals surface area (Å²) < 4.78 is 6.37. The zero-order chi connectivity index (χ0) is 19.8. The van der Waals surface area contributed by atoms with Crippen LogP contribution in [0.2, 0.25) is 0 Å². The highest BCUT2D eigenvalue weighted by Crippen LogP contribution is 2.41. The molecule has 0 aliphatic carbocycles. The first kappa shape index (κ1) is 19.0. The standard InChI is InChI=1S/C21H14BrNO3S2/c1-26-17-11-14(22)9-13(19(17)24)10-18-20(25)23(21(27)28-18)16-8-4-6-12-5-2-3-7-15(12)16/h2-11,24H,1H3/b18-10+. The molecule has 0 radical (unpaired) electrons. The summed E-state index contributed by atoms with van der Waals surface area (Å²) in [4.78, 5) is 15.1. The number of phenolic OH excluding ortho intramolecular Hbond substituents is 1. The van der Waals surface area contributed by atoms with E-state index in [1.54, 1.807) is 23.1 Å². The van der Waals surface area contributed by atoms with Crippen molar-refractivity contribution in [3.8, 4) is 11.5 Å². The molecule has 1 saturated heterocycles. The van der Waals surface area contributed by atoms with E-state index in [0.717, 1.165) is 20.9 Å². The van der Waals surface area contributed by atoms with Crippen LogP contribution in [-0.2, 0) is 4.79 Å². The number of fused-ring (bicyclic) bond motifs is 1. The van der Waals surface area contributed by atoms with E-state index >= 15 is 0 Å². The van der Waals surface area contributed by atoms with Crippen molar-refractivity contribution in [2.75, 3.05) is 12.0 Å².